The summed E-state index contributed by atoms with van der Waals surface area (Å²) in [4.78, 5) is 18.9. The van der Waals surface area contributed by atoms with E-state index in [0.717, 1.165) is 28.8 Å². The molecule has 2 heterocycles. The summed E-state index contributed by atoms with van der Waals surface area (Å²) in [5, 5.41) is 1.25. The number of aromatic amines is 1. The minimum absolute atomic E-state index is 0.115. The van der Waals surface area contributed by atoms with Crippen LogP contribution in [0, 0.1) is 5.82 Å². The second-order valence-electron chi connectivity index (χ2n) is 7.83. The van der Waals surface area contributed by atoms with Crippen molar-refractivity contribution in [3.8, 4) is 0 Å². The van der Waals surface area contributed by atoms with E-state index < -0.39 is 0 Å². The van der Waals surface area contributed by atoms with Crippen LogP contribution >= 0.6 is 11.8 Å². The van der Waals surface area contributed by atoms with Crippen molar-refractivity contribution in [3.63, 3.8) is 0 Å². The second-order valence-corrected chi connectivity index (χ2v) is 8.82. The van der Waals surface area contributed by atoms with Crippen LogP contribution in [-0.2, 0) is 17.0 Å². The van der Waals surface area contributed by atoms with Gasteiger partial charge in [-0.3, -0.25) is 4.79 Å². The van der Waals surface area contributed by atoms with Gasteiger partial charge in [-0.25, -0.2) is 4.39 Å². The van der Waals surface area contributed by atoms with Crippen molar-refractivity contribution < 1.29 is 9.18 Å². The summed E-state index contributed by atoms with van der Waals surface area (Å²) < 4.78 is 13.1. The van der Waals surface area contributed by atoms with Crippen LogP contribution in [0.2, 0.25) is 0 Å². The number of halogens is 1. The van der Waals surface area contributed by atoms with Gasteiger partial charge in [-0.1, -0.05) is 60.7 Å². The van der Waals surface area contributed by atoms with E-state index in [-0.39, 0.29) is 17.8 Å². The molecular weight excluding hydrogens is 407 g/mol. The molecule has 0 spiro atoms. The Bertz CT molecular complexity index is 1200. The minimum Gasteiger partial charge on any atom is -0.356 e. The van der Waals surface area contributed by atoms with E-state index in [9.17, 15) is 9.18 Å². The summed E-state index contributed by atoms with van der Waals surface area (Å²) in [7, 11) is 0. The maximum absolute atomic E-state index is 13.3. The number of para-hydroxylation sites is 1. The van der Waals surface area contributed by atoms with Gasteiger partial charge in [0.1, 0.15) is 5.82 Å². The molecule has 0 saturated heterocycles. The smallest absolute Gasteiger partial charge is 0.233 e. The first-order valence-corrected chi connectivity index (χ1v) is 11.6. The number of carbonyl (C=O) groups excluding carboxylic acids is 1. The number of carbonyl (C=O) groups is 1. The van der Waals surface area contributed by atoms with Crippen LogP contribution in [0.5, 0.6) is 0 Å². The number of hydrogen-bond acceptors (Lipinski definition) is 2. The standard InChI is InChI=1S/C26H23FN2OS/c27-20-12-10-18(11-13-20)16-31-17-24(30)29-15-14-22-21-8-4-5-9-23(21)28-25(22)26(29)19-6-2-1-3-7-19/h1-13,26,28H,14-17H2/t26-/m1/s1. The Labute approximate surface area is 185 Å². The van der Waals surface area contributed by atoms with Gasteiger partial charge in [-0.15, -0.1) is 11.8 Å². The lowest BCUT2D eigenvalue weighted by Gasteiger charge is -2.36. The Hall–Kier alpha value is -3.05. The third-order valence-electron chi connectivity index (χ3n) is 5.88. The fourth-order valence-corrected chi connectivity index (χ4v) is 5.28. The van der Waals surface area contributed by atoms with Crippen molar-refractivity contribution in [2.45, 2.75) is 18.2 Å². The van der Waals surface area contributed by atoms with Crippen LogP contribution in [-0.4, -0.2) is 28.1 Å². The van der Waals surface area contributed by atoms with Crippen molar-refractivity contribution in [1.29, 1.82) is 0 Å². The number of nitrogens with one attached hydrogen (secondary N) is 1. The summed E-state index contributed by atoms with van der Waals surface area (Å²) in [6, 6.07) is 25.0. The van der Waals surface area contributed by atoms with Crippen molar-refractivity contribution in [2.24, 2.45) is 0 Å². The van der Waals surface area contributed by atoms with Crippen LogP contribution in [0.15, 0.2) is 78.9 Å². The number of rotatable bonds is 5. The molecule has 31 heavy (non-hydrogen) atoms. The Balaban J connectivity index is 1.40. The summed E-state index contributed by atoms with van der Waals surface area (Å²) in [5.41, 5.74) is 5.69. The summed E-state index contributed by atoms with van der Waals surface area (Å²) in [6.07, 6.45) is 0.844. The maximum atomic E-state index is 13.3. The Kier molecular flexibility index (Phi) is 5.51. The number of aromatic nitrogens is 1. The van der Waals surface area contributed by atoms with E-state index >= 15 is 0 Å². The van der Waals surface area contributed by atoms with E-state index in [0.29, 0.717) is 18.1 Å². The van der Waals surface area contributed by atoms with E-state index in [4.69, 9.17) is 0 Å². The highest BCUT2D eigenvalue weighted by Gasteiger charge is 2.34. The van der Waals surface area contributed by atoms with E-state index in [1.54, 1.807) is 23.9 Å². The highest BCUT2D eigenvalue weighted by molar-refractivity contribution is 7.99. The molecular formula is C26H23FN2OS. The number of fused-ring (bicyclic) bond motifs is 3. The van der Waals surface area contributed by atoms with Gasteiger partial charge in [0.2, 0.25) is 5.91 Å². The molecule has 1 N–H and O–H groups in total. The van der Waals surface area contributed by atoms with Crippen molar-refractivity contribution in [1.82, 2.24) is 9.88 Å². The fraction of sp³-hybridized carbons (Fsp3) is 0.192. The lowest BCUT2D eigenvalue weighted by Crippen LogP contribution is -2.41. The van der Waals surface area contributed by atoms with Crippen molar-refractivity contribution in [3.05, 3.63) is 107 Å². The lowest BCUT2D eigenvalue weighted by molar-refractivity contribution is -0.130. The Morgan fingerprint density at radius 2 is 1.74 bits per heavy atom. The molecule has 5 rings (SSSR count). The molecule has 0 saturated carbocycles. The van der Waals surface area contributed by atoms with Gasteiger partial charge in [-0.2, -0.15) is 0 Å². The molecule has 1 atom stereocenters. The fourth-order valence-electron chi connectivity index (χ4n) is 4.41. The number of thioether (sulfide) groups is 1. The third-order valence-corrected chi connectivity index (χ3v) is 6.87. The van der Waals surface area contributed by atoms with Crippen molar-refractivity contribution >= 4 is 28.6 Å². The van der Waals surface area contributed by atoms with Gasteiger partial charge in [0.25, 0.3) is 0 Å². The number of H-pyrrole nitrogens is 1. The molecule has 0 radical (unpaired) electrons. The van der Waals surface area contributed by atoms with Gasteiger partial charge in [0.05, 0.1) is 11.8 Å². The third kappa shape index (κ3) is 3.98. The van der Waals surface area contributed by atoms with Crippen LogP contribution in [0.25, 0.3) is 10.9 Å². The van der Waals surface area contributed by atoms with Gasteiger partial charge >= 0.3 is 0 Å². The topological polar surface area (TPSA) is 36.1 Å². The quantitative estimate of drug-likeness (QED) is 0.440. The molecule has 0 bridgehead atoms. The number of nitrogens with zero attached hydrogens (tertiary/aromatic N) is 1. The minimum atomic E-state index is -0.238. The molecule has 1 amide bonds. The molecule has 1 aromatic heterocycles. The zero-order valence-corrected chi connectivity index (χ0v) is 17.9. The second kappa shape index (κ2) is 8.60. The van der Waals surface area contributed by atoms with Gasteiger partial charge in [0.15, 0.2) is 0 Å². The average Bonchev–Trinajstić information content (AvgIpc) is 3.19. The molecule has 3 aromatic carbocycles. The van der Waals surface area contributed by atoms with Crippen LogP contribution < -0.4 is 0 Å². The number of amides is 1. The normalized spacial score (nSPS) is 15.8. The first-order valence-electron chi connectivity index (χ1n) is 10.5. The number of benzene rings is 3. The average molecular weight is 431 g/mol. The first kappa shape index (κ1) is 19.9. The van der Waals surface area contributed by atoms with Crippen LogP contribution in [0.3, 0.4) is 0 Å². The van der Waals surface area contributed by atoms with Crippen LogP contribution in [0.4, 0.5) is 4.39 Å². The van der Waals surface area contributed by atoms with Gasteiger partial charge in [0, 0.05) is 28.9 Å². The summed E-state index contributed by atoms with van der Waals surface area (Å²) in [6.45, 7) is 0.699. The van der Waals surface area contributed by atoms with E-state index in [1.807, 2.05) is 29.2 Å². The summed E-state index contributed by atoms with van der Waals surface area (Å²) in [5.74, 6) is 0.979. The Morgan fingerprint density at radius 3 is 2.55 bits per heavy atom. The lowest BCUT2D eigenvalue weighted by atomic mass is 9.92. The number of hydrogen-bond donors (Lipinski definition) is 1. The summed E-state index contributed by atoms with van der Waals surface area (Å²) >= 11 is 1.57. The highest BCUT2D eigenvalue weighted by Crippen LogP contribution is 2.38. The highest BCUT2D eigenvalue weighted by atomic mass is 32.2. The molecule has 3 nitrogen and oxygen atoms in total. The molecule has 156 valence electrons. The molecule has 1 aliphatic heterocycles. The zero-order chi connectivity index (χ0) is 21.2. The van der Waals surface area contributed by atoms with Gasteiger partial charge < -0.3 is 9.88 Å². The SMILES string of the molecule is O=C(CSCc1ccc(F)cc1)N1CCc2c([nH]c3ccccc23)[C@H]1c1ccccc1. The molecule has 0 unspecified atom stereocenters. The first-order chi connectivity index (χ1) is 15.2. The largest absolute Gasteiger partial charge is 0.356 e. The Morgan fingerprint density at radius 1 is 1.00 bits per heavy atom. The molecule has 1 aliphatic rings. The molecule has 5 heteroatoms. The van der Waals surface area contributed by atoms with Crippen molar-refractivity contribution in [2.75, 3.05) is 12.3 Å². The zero-order valence-electron chi connectivity index (χ0n) is 17.1. The van der Waals surface area contributed by atoms with Gasteiger partial charge in [-0.05, 0) is 41.3 Å². The molecule has 4 aromatic rings. The monoisotopic (exact) mass is 430 g/mol. The molecule has 0 fully saturated rings. The predicted molar refractivity (Wildman–Crippen MR) is 125 cm³/mol. The maximum Gasteiger partial charge on any atom is 0.233 e. The van der Waals surface area contributed by atoms with E-state index in [2.05, 4.69) is 35.3 Å². The van der Waals surface area contributed by atoms with Crippen LogP contribution in [0.1, 0.15) is 28.4 Å². The predicted octanol–water partition coefficient (Wildman–Crippen LogP) is 5.71. The molecule has 0 aliphatic carbocycles. The van der Waals surface area contributed by atoms with E-state index in [1.165, 1.54) is 23.1 Å².